The van der Waals surface area contributed by atoms with E-state index in [1.165, 1.54) is 0 Å². The first-order valence-corrected chi connectivity index (χ1v) is 27.6. The Bertz CT molecular complexity index is 2190. The van der Waals surface area contributed by atoms with Crippen molar-refractivity contribution in [1.29, 1.82) is 0 Å². The molecule has 87 heavy (non-hydrogen) atoms. The van der Waals surface area contributed by atoms with E-state index in [1.54, 1.807) is 0 Å². The highest BCUT2D eigenvalue weighted by Crippen LogP contribution is 2.38. The molecule has 7 fully saturated rings. The molecule has 35 atom stereocenters. The van der Waals surface area contributed by atoms with E-state index < -0.39 is 279 Å². The predicted octanol–water partition coefficient (Wildman–Crippen LogP) is -15.8. The van der Waals surface area contributed by atoms with Gasteiger partial charge in [0.25, 0.3) is 0 Å². The van der Waals surface area contributed by atoms with Crippen LogP contribution in [0.1, 0.15) is 20.8 Å². The molecule has 7 saturated heterocycles. The fourth-order valence-electron chi connectivity index (χ4n) is 11.1. The van der Waals surface area contributed by atoms with Gasteiger partial charge in [0.15, 0.2) is 44.0 Å². The molecular formula is C48H81N3O36. The standard InChI is InChI=1S/C48H81N3O36/c1-11(58)49-21-30(67)37(18(8-56)76-42(21)74)84-46-36(73)39(28(65)20(82-46)10-75-47-40(33(70)26(63)16(6-54)79-47)86-43-22(50-12(2)59)29(66)24(61)14(4-52)77-43)85-48-41(34(71)27(64)17(7-55)80-48)87-44-23(51-13(3)60)31(68)38(19(9-57)81-44)83-45-35(72)32(69)25(62)15(5-53)78-45/h14-48,52-57,61-74H,4-10H2,1-3H3,(H,49,58)(H,50,59)(H,51,60)/t14-,15-,16-,17-,18-,19-,20-,21-,22-,23+,24-,25+,26-,27-,28-,29-,30-,31-,32+,33+,34+,35-,36+,37-,38-,39+,40+,41+,42?,43+,44+,45+,46+,47+,48-/m1/s1. The van der Waals surface area contributed by atoms with E-state index in [-0.39, 0.29) is 0 Å². The van der Waals surface area contributed by atoms with E-state index in [9.17, 15) is 117 Å². The molecule has 7 aliphatic rings. The van der Waals surface area contributed by atoms with Gasteiger partial charge in [-0.1, -0.05) is 0 Å². The summed E-state index contributed by atoms with van der Waals surface area (Å²) in [6, 6.07) is -5.21. The zero-order chi connectivity index (χ0) is 64.2. The summed E-state index contributed by atoms with van der Waals surface area (Å²) in [6.07, 6.45) is -63.8. The van der Waals surface area contributed by atoms with Crippen molar-refractivity contribution in [2.45, 2.75) is 236 Å². The summed E-state index contributed by atoms with van der Waals surface area (Å²) < 4.78 is 75.9. The Hall–Kier alpha value is -2.91. The van der Waals surface area contributed by atoms with E-state index in [0.717, 1.165) is 20.8 Å². The number of rotatable bonds is 22. The Morgan fingerprint density at radius 2 is 0.632 bits per heavy atom. The summed E-state index contributed by atoms with van der Waals surface area (Å²) in [5.41, 5.74) is 0. The number of hydrogen-bond acceptors (Lipinski definition) is 36. The third-order valence-electron chi connectivity index (χ3n) is 15.7. The summed E-state index contributed by atoms with van der Waals surface area (Å²) >= 11 is 0. The first-order chi connectivity index (χ1) is 41.1. The van der Waals surface area contributed by atoms with Crippen LogP contribution in [0.2, 0.25) is 0 Å². The zero-order valence-corrected chi connectivity index (χ0v) is 46.6. The van der Waals surface area contributed by atoms with E-state index in [1.807, 2.05) is 0 Å². The maximum Gasteiger partial charge on any atom is 0.217 e. The van der Waals surface area contributed by atoms with Crippen LogP contribution in [0.4, 0.5) is 0 Å². The predicted molar refractivity (Wildman–Crippen MR) is 267 cm³/mol. The molecule has 3 amide bonds. The van der Waals surface area contributed by atoms with Crippen molar-refractivity contribution in [3.05, 3.63) is 0 Å². The van der Waals surface area contributed by atoms with Crippen molar-refractivity contribution in [3.63, 3.8) is 0 Å². The quantitative estimate of drug-likeness (QED) is 0.0479. The highest BCUT2D eigenvalue weighted by molar-refractivity contribution is 5.74. The summed E-state index contributed by atoms with van der Waals surface area (Å²) in [5, 5.41) is 225. The minimum Gasteiger partial charge on any atom is -0.394 e. The lowest BCUT2D eigenvalue weighted by Crippen LogP contribution is -2.70. The second kappa shape index (κ2) is 31.1. The molecule has 0 spiro atoms. The average Bonchev–Trinajstić information content (AvgIpc) is 2.81. The van der Waals surface area contributed by atoms with Crippen LogP contribution in [-0.2, 0) is 76.0 Å². The Kier molecular flexibility index (Phi) is 25.6. The minimum atomic E-state index is -2.40. The fraction of sp³-hybridized carbons (Fsp3) is 0.938. The van der Waals surface area contributed by atoms with E-state index >= 15 is 0 Å². The molecule has 39 heteroatoms. The van der Waals surface area contributed by atoms with Gasteiger partial charge in [-0.25, -0.2) is 0 Å². The van der Waals surface area contributed by atoms with Crippen LogP contribution < -0.4 is 16.0 Å². The van der Waals surface area contributed by atoms with Gasteiger partial charge >= 0.3 is 0 Å². The average molecular weight is 1280 g/mol. The van der Waals surface area contributed by atoms with Crippen LogP contribution in [0.3, 0.4) is 0 Å². The number of nitrogens with one attached hydrogen (secondary N) is 3. The lowest BCUT2D eigenvalue weighted by Gasteiger charge is -2.51. The molecule has 7 aliphatic heterocycles. The first-order valence-electron chi connectivity index (χ1n) is 27.6. The molecule has 0 aromatic rings. The highest BCUT2D eigenvalue weighted by Gasteiger charge is 2.59. The van der Waals surface area contributed by atoms with Gasteiger partial charge in [-0.15, -0.1) is 0 Å². The van der Waals surface area contributed by atoms with Crippen molar-refractivity contribution in [1.82, 2.24) is 16.0 Å². The molecule has 0 aromatic heterocycles. The molecule has 0 aliphatic carbocycles. The smallest absolute Gasteiger partial charge is 0.217 e. The number of carbonyl (C=O) groups is 3. The SMILES string of the molecule is CC(=O)N[C@@H]1[C@H](O[C@@H]2[C@@H](O[C@@H]3[C@H](O)[C@H](O[C@H]4[C@H](O)[C@@H](NC(C)=O)C(O)O[C@@H]4CO)O[C@H](CO[C@H]4O[C@H](CO)[C@@H](O)[C@H](O)[C@@H]4O[C@@H]4O[C@H](CO)[C@@H](O)[C@H](O)[C@H]4NC(C)=O)[C@H]3O)O[C@H](CO)[C@@H](O)[C@@H]2O)O[C@H](CO)[C@@H](O[C@@H]2O[C@H](CO)[C@H](O)[C@H](O)[C@H]2O)[C@@H]1O. The number of aliphatic hydroxyl groups is 20. The maximum atomic E-state index is 12.7. The van der Waals surface area contributed by atoms with E-state index in [4.69, 9.17) is 61.6 Å². The largest absolute Gasteiger partial charge is 0.394 e. The van der Waals surface area contributed by atoms with Crippen LogP contribution in [0, 0.1) is 0 Å². The minimum absolute atomic E-state index is 0.797. The van der Waals surface area contributed by atoms with E-state index in [2.05, 4.69) is 16.0 Å². The van der Waals surface area contributed by atoms with Crippen LogP contribution in [-0.4, -0.2) is 381 Å². The lowest BCUT2D eigenvalue weighted by molar-refractivity contribution is -0.397. The summed E-state index contributed by atoms with van der Waals surface area (Å²) in [7, 11) is 0. The summed E-state index contributed by atoms with van der Waals surface area (Å²) in [4.78, 5) is 37.1. The third-order valence-corrected chi connectivity index (χ3v) is 15.7. The van der Waals surface area contributed by atoms with Gasteiger partial charge in [0, 0.05) is 20.8 Å². The Morgan fingerprint density at radius 3 is 1.11 bits per heavy atom. The number of amides is 3. The van der Waals surface area contributed by atoms with Gasteiger partial charge in [-0.3, -0.25) is 14.4 Å². The normalized spacial score (nSPS) is 48.9. The Morgan fingerprint density at radius 1 is 0.299 bits per heavy atom. The van der Waals surface area contributed by atoms with Gasteiger partial charge in [0.1, 0.15) is 171 Å². The monoisotopic (exact) mass is 1280 g/mol. The summed E-state index contributed by atoms with van der Waals surface area (Å²) in [5.74, 6) is -2.50. The van der Waals surface area contributed by atoms with Crippen molar-refractivity contribution in [3.8, 4) is 0 Å². The molecule has 23 N–H and O–H groups in total. The zero-order valence-electron chi connectivity index (χ0n) is 46.6. The molecular weight excluding hydrogens is 1190 g/mol. The van der Waals surface area contributed by atoms with Crippen LogP contribution in [0.15, 0.2) is 0 Å². The maximum absolute atomic E-state index is 12.7. The topological polar surface area (TPSA) is 612 Å². The summed E-state index contributed by atoms with van der Waals surface area (Å²) in [6.45, 7) is -4.10. The number of ether oxygens (including phenoxy) is 13. The van der Waals surface area contributed by atoms with Crippen LogP contribution >= 0.6 is 0 Å². The lowest BCUT2D eigenvalue weighted by atomic mass is 9.94. The van der Waals surface area contributed by atoms with Crippen molar-refractivity contribution >= 4 is 17.7 Å². The van der Waals surface area contributed by atoms with Gasteiger partial charge in [0.2, 0.25) is 17.7 Å². The third kappa shape index (κ3) is 15.8. The highest BCUT2D eigenvalue weighted by atomic mass is 16.8. The first kappa shape index (κ1) is 71.5. The molecule has 0 bridgehead atoms. The number of hydrogen-bond donors (Lipinski definition) is 23. The van der Waals surface area contributed by atoms with Gasteiger partial charge in [-0.2, -0.15) is 0 Å². The number of aliphatic hydroxyl groups excluding tert-OH is 20. The molecule has 0 radical (unpaired) electrons. The molecule has 7 rings (SSSR count). The molecule has 504 valence electrons. The second-order valence-electron chi connectivity index (χ2n) is 21.8. The van der Waals surface area contributed by atoms with Crippen LogP contribution in [0.5, 0.6) is 0 Å². The Balaban J connectivity index is 1.22. The molecule has 0 saturated carbocycles. The number of carbonyl (C=O) groups excluding carboxylic acids is 3. The van der Waals surface area contributed by atoms with Crippen molar-refractivity contribution in [2.24, 2.45) is 0 Å². The van der Waals surface area contributed by atoms with Crippen molar-refractivity contribution in [2.75, 3.05) is 46.2 Å². The van der Waals surface area contributed by atoms with Gasteiger partial charge < -0.3 is 180 Å². The van der Waals surface area contributed by atoms with Gasteiger partial charge in [-0.05, 0) is 0 Å². The molecule has 0 aromatic carbocycles. The van der Waals surface area contributed by atoms with Crippen LogP contribution in [0.25, 0.3) is 0 Å². The van der Waals surface area contributed by atoms with Gasteiger partial charge in [0.05, 0.1) is 46.2 Å². The van der Waals surface area contributed by atoms with E-state index in [0.29, 0.717) is 0 Å². The molecule has 1 unspecified atom stereocenters. The second-order valence-corrected chi connectivity index (χ2v) is 21.8. The van der Waals surface area contributed by atoms with Crippen molar-refractivity contribution < 1.29 is 178 Å². The fourth-order valence-corrected chi connectivity index (χ4v) is 11.1. The molecule has 7 heterocycles. The molecule has 39 nitrogen and oxygen atoms in total. The Labute approximate surface area is 492 Å².